The van der Waals surface area contributed by atoms with Gasteiger partial charge in [-0.15, -0.1) is 0 Å². The average molecular weight is 575 g/mol. The fourth-order valence-corrected chi connectivity index (χ4v) is 5.51. The summed E-state index contributed by atoms with van der Waals surface area (Å²) < 4.78 is 13.1. The van der Waals surface area contributed by atoms with Crippen molar-refractivity contribution < 1.29 is 14.3 Å². The smallest absolute Gasteiger partial charge is 0.270 e. The van der Waals surface area contributed by atoms with Crippen LogP contribution in [0.5, 0.6) is 11.5 Å². The first kappa shape index (κ1) is 24.8. The van der Waals surface area contributed by atoms with Crippen LogP contribution in [0.25, 0.3) is 6.08 Å². The maximum absolute atomic E-state index is 13.2. The molecular weight excluding hydrogens is 554 g/mol. The number of anilines is 1. The van der Waals surface area contributed by atoms with E-state index in [9.17, 15) is 4.79 Å². The molecule has 4 rings (SSSR count). The minimum absolute atomic E-state index is 0.145. The van der Waals surface area contributed by atoms with Crippen LogP contribution in [0.3, 0.4) is 0 Å². The standard InChI is InChI=1S/C26H21BrClNO3S2/c1-3-31-22-13-17(12-20(27)24(22)32-15-18-8-4-5-10-21(18)28)14-23-25(30)29(26(33)34-23)19-9-6-7-16(2)11-19/h4-14H,3,15H2,1-2H3/b23-14-. The molecule has 1 amide bonds. The van der Waals surface area contributed by atoms with Gasteiger partial charge >= 0.3 is 0 Å². The normalized spacial score (nSPS) is 14.7. The molecule has 0 unspecified atom stereocenters. The fraction of sp³-hybridized carbons (Fsp3) is 0.154. The molecule has 8 heteroatoms. The molecule has 1 aliphatic heterocycles. The van der Waals surface area contributed by atoms with Gasteiger partial charge in [0, 0.05) is 10.6 Å². The molecular formula is C26H21BrClNO3S2. The Morgan fingerprint density at radius 2 is 1.91 bits per heavy atom. The molecule has 3 aromatic rings. The van der Waals surface area contributed by atoms with Crippen LogP contribution in [-0.2, 0) is 11.4 Å². The quantitative estimate of drug-likeness (QED) is 0.213. The van der Waals surface area contributed by atoms with Crippen LogP contribution in [0, 0.1) is 6.92 Å². The molecule has 1 heterocycles. The molecule has 174 valence electrons. The number of benzene rings is 3. The molecule has 0 bridgehead atoms. The highest BCUT2D eigenvalue weighted by molar-refractivity contribution is 9.10. The van der Waals surface area contributed by atoms with Crippen LogP contribution in [0.1, 0.15) is 23.6 Å². The van der Waals surface area contributed by atoms with Gasteiger partial charge in [0.25, 0.3) is 5.91 Å². The van der Waals surface area contributed by atoms with Gasteiger partial charge in [-0.25, -0.2) is 0 Å². The van der Waals surface area contributed by atoms with E-state index in [0.717, 1.165) is 22.4 Å². The van der Waals surface area contributed by atoms with E-state index in [1.807, 2.05) is 80.6 Å². The number of hydrogen-bond acceptors (Lipinski definition) is 5. The molecule has 3 aromatic carbocycles. The van der Waals surface area contributed by atoms with Crippen molar-refractivity contribution in [3.05, 3.63) is 91.8 Å². The third kappa shape index (κ3) is 5.49. The lowest BCUT2D eigenvalue weighted by atomic mass is 10.1. The zero-order valence-corrected chi connectivity index (χ0v) is 22.5. The summed E-state index contributed by atoms with van der Waals surface area (Å²) in [4.78, 5) is 15.3. The van der Waals surface area contributed by atoms with Gasteiger partial charge in [-0.3, -0.25) is 9.69 Å². The van der Waals surface area contributed by atoms with E-state index < -0.39 is 0 Å². The Morgan fingerprint density at radius 3 is 2.65 bits per heavy atom. The number of hydrogen-bond donors (Lipinski definition) is 0. The number of thiocarbonyl (C=S) groups is 1. The zero-order chi connectivity index (χ0) is 24.2. The Kier molecular flexibility index (Phi) is 7.99. The van der Waals surface area contributed by atoms with Crippen LogP contribution in [-0.4, -0.2) is 16.8 Å². The Labute approximate surface area is 222 Å². The van der Waals surface area contributed by atoms with Crippen molar-refractivity contribution in [3.63, 3.8) is 0 Å². The molecule has 0 aromatic heterocycles. The van der Waals surface area contributed by atoms with Gasteiger partial charge < -0.3 is 9.47 Å². The lowest BCUT2D eigenvalue weighted by molar-refractivity contribution is -0.113. The van der Waals surface area contributed by atoms with Crippen molar-refractivity contribution in [2.75, 3.05) is 11.5 Å². The maximum atomic E-state index is 13.2. The highest BCUT2D eigenvalue weighted by atomic mass is 79.9. The molecule has 0 spiro atoms. The lowest BCUT2D eigenvalue weighted by Gasteiger charge is -2.16. The van der Waals surface area contributed by atoms with Gasteiger partial charge in [0.2, 0.25) is 0 Å². The number of amides is 1. The molecule has 0 atom stereocenters. The molecule has 4 nitrogen and oxygen atoms in total. The Balaban J connectivity index is 1.61. The van der Waals surface area contributed by atoms with Gasteiger partial charge in [0.15, 0.2) is 15.8 Å². The first-order valence-electron chi connectivity index (χ1n) is 10.5. The van der Waals surface area contributed by atoms with Crippen molar-refractivity contribution in [1.29, 1.82) is 0 Å². The minimum atomic E-state index is -0.145. The third-order valence-electron chi connectivity index (χ3n) is 5.01. The summed E-state index contributed by atoms with van der Waals surface area (Å²) >= 11 is 16.6. The summed E-state index contributed by atoms with van der Waals surface area (Å²) in [6, 6.07) is 19.0. The summed E-state index contributed by atoms with van der Waals surface area (Å²) in [5, 5.41) is 0.642. The highest BCUT2D eigenvalue weighted by Crippen LogP contribution is 2.41. The van der Waals surface area contributed by atoms with E-state index in [1.165, 1.54) is 11.8 Å². The summed E-state index contributed by atoms with van der Waals surface area (Å²) in [7, 11) is 0. The second-order valence-electron chi connectivity index (χ2n) is 7.50. The monoisotopic (exact) mass is 573 g/mol. The van der Waals surface area contributed by atoms with Gasteiger partial charge in [-0.1, -0.05) is 65.9 Å². The molecule has 1 aliphatic rings. The Morgan fingerprint density at radius 1 is 1.12 bits per heavy atom. The van der Waals surface area contributed by atoms with Gasteiger partial charge in [0.05, 0.1) is 21.7 Å². The Hall–Kier alpha value is -2.32. The van der Waals surface area contributed by atoms with E-state index in [-0.39, 0.29) is 5.91 Å². The largest absolute Gasteiger partial charge is 0.490 e. The number of halogens is 2. The average Bonchev–Trinajstić information content (AvgIpc) is 3.07. The van der Waals surface area contributed by atoms with Crippen molar-refractivity contribution >= 4 is 73.5 Å². The van der Waals surface area contributed by atoms with Crippen LogP contribution in [0.4, 0.5) is 5.69 Å². The maximum Gasteiger partial charge on any atom is 0.270 e. The molecule has 0 radical (unpaired) electrons. The van der Waals surface area contributed by atoms with Crippen molar-refractivity contribution in [2.45, 2.75) is 20.5 Å². The van der Waals surface area contributed by atoms with E-state index >= 15 is 0 Å². The van der Waals surface area contributed by atoms with Crippen LogP contribution < -0.4 is 14.4 Å². The van der Waals surface area contributed by atoms with Gasteiger partial charge in [-0.05, 0) is 77.3 Å². The first-order valence-corrected chi connectivity index (χ1v) is 12.9. The highest BCUT2D eigenvalue weighted by Gasteiger charge is 2.33. The van der Waals surface area contributed by atoms with E-state index in [0.29, 0.717) is 43.4 Å². The van der Waals surface area contributed by atoms with E-state index in [1.54, 1.807) is 4.90 Å². The zero-order valence-electron chi connectivity index (χ0n) is 18.5. The molecule has 34 heavy (non-hydrogen) atoms. The Bertz CT molecular complexity index is 1290. The molecule has 1 saturated heterocycles. The predicted octanol–water partition coefficient (Wildman–Crippen LogP) is 7.79. The fourth-order valence-electron chi connectivity index (χ4n) is 3.45. The van der Waals surface area contributed by atoms with Crippen molar-refractivity contribution in [3.8, 4) is 11.5 Å². The number of nitrogens with zero attached hydrogens (tertiary/aromatic N) is 1. The molecule has 1 fully saturated rings. The molecule has 0 N–H and O–H groups in total. The second-order valence-corrected chi connectivity index (χ2v) is 10.4. The SMILES string of the molecule is CCOc1cc(/C=C2\SC(=S)N(c3cccc(C)c3)C2=O)cc(Br)c1OCc1ccccc1Cl. The third-order valence-corrected chi connectivity index (χ3v) is 7.27. The summed E-state index contributed by atoms with van der Waals surface area (Å²) in [6.07, 6.45) is 1.82. The van der Waals surface area contributed by atoms with Crippen LogP contribution >= 0.6 is 51.5 Å². The number of thioether (sulfide) groups is 1. The summed E-state index contributed by atoms with van der Waals surface area (Å²) in [5.41, 5.74) is 3.51. The minimum Gasteiger partial charge on any atom is -0.490 e. The predicted molar refractivity (Wildman–Crippen MR) is 148 cm³/mol. The topological polar surface area (TPSA) is 38.8 Å². The van der Waals surface area contributed by atoms with Gasteiger partial charge in [-0.2, -0.15) is 0 Å². The molecule has 0 aliphatic carbocycles. The van der Waals surface area contributed by atoms with E-state index in [4.69, 9.17) is 33.3 Å². The number of rotatable bonds is 7. The van der Waals surface area contributed by atoms with Crippen LogP contribution in [0.2, 0.25) is 5.02 Å². The number of ether oxygens (including phenoxy) is 2. The number of carbonyl (C=O) groups excluding carboxylic acids is 1. The summed E-state index contributed by atoms with van der Waals surface area (Å²) in [5.74, 6) is 1.00. The van der Waals surface area contributed by atoms with Gasteiger partial charge in [0.1, 0.15) is 6.61 Å². The van der Waals surface area contributed by atoms with E-state index in [2.05, 4.69) is 15.9 Å². The first-order chi connectivity index (χ1) is 16.4. The number of aryl methyl sites for hydroxylation is 1. The lowest BCUT2D eigenvalue weighted by Crippen LogP contribution is -2.27. The summed E-state index contributed by atoms with van der Waals surface area (Å²) in [6.45, 7) is 4.66. The number of carbonyl (C=O) groups is 1. The second kappa shape index (κ2) is 11.0. The van der Waals surface area contributed by atoms with Crippen molar-refractivity contribution in [1.82, 2.24) is 0 Å². The molecule has 0 saturated carbocycles. The van der Waals surface area contributed by atoms with Crippen molar-refractivity contribution in [2.24, 2.45) is 0 Å². The van der Waals surface area contributed by atoms with Crippen LogP contribution in [0.15, 0.2) is 70.0 Å².